The van der Waals surface area contributed by atoms with Crippen LogP contribution in [0.1, 0.15) is 36.8 Å². The average molecular weight is 496 g/mol. The minimum atomic E-state index is -3.81. The number of nitrogens with two attached hydrogens (primary N) is 1. The van der Waals surface area contributed by atoms with Gasteiger partial charge in [0.05, 0.1) is 11.4 Å². The van der Waals surface area contributed by atoms with E-state index in [0.29, 0.717) is 18.9 Å². The lowest BCUT2D eigenvalue weighted by molar-refractivity contribution is -0.135. The van der Waals surface area contributed by atoms with Gasteiger partial charge in [0, 0.05) is 24.2 Å². The van der Waals surface area contributed by atoms with E-state index in [0.717, 1.165) is 24.5 Å². The van der Waals surface area contributed by atoms with Crippen LogP contribution in [-0.4, -0.2) is 43.9 Å². The molecule has 4 atom stereocenters. The largest absolute Gasteiger partial charge is 0.336 e. The summed E-state index contributed by atoms with van der Waals surface area (Å²) in [4.78, 5) is 14.8. The van der Waals surface area contributed by atoms with Crippen molar-refractivity contribution in [3.05, 3.63) is 65.0 Å². The molecular weight excluding hydrogens is 467 g/mol. The van der Waals surface area contributed by atoms with Crippen LogP contribution < -0.4 is 10.5 Å². The molecule has 0 aliphatic carbocycles. The smallest absolute Gasteiger partial charge is 0.241 e. The number of halogens is 3. The van der Waals surface area contributed by atoms with E-state index in [2.05, 4.69) is 4.72 Å². The second-order valence-electron chi connectivity index (χ2n) is 9.28. The van der Waals surface area contributed by atoms with E-state index in [1.807, 2.05) is 6.92 Å². The predicted octanol–water partition coefficient (Wildman–Crippen LogP) is 3.03. The molecule has 0 spiro atoms. The van der Waals surface area contributed by atoms with Crippen LogP contribution in [0.4, 0.5) is 13.2 Å². The Bertz CT molecular complexity index is 1160. The second-order valence-corrected chi connectivity index (χ2v) is 11.0. The zero-order valence-corrected chi connectivity index (χ0v) is 19.6. The van der Waals surface area contributed by atoms with Gasteiger partial charge in [-0.2, -0.15) is 0 Å². The molecule has 34 heavy (non-hydrogen) atoms. The highest BCUT2D eigenvalue weighted by Gasteiger charge is 2.44. The Balaban J connectivity index is 1.36. The zero-order chi connectivity index (χ0) is 24.6. The van der Waals surface area contributed by atoms with Crippen molar-refractivity contribution in [2.24, 2.45) is 11.7 Å². The second kappa shape index (κ2) is 9.67. The molecular formula is C24H28F3N3O3S. The first-order valence-electron chi connectivity index (χ1n) is 11.3. The van der Waals surface area contributed by atoms with Gasteiger partial charge in [-0.1, -0.05) is 17.7 Å². The molecule has 1 amide bonds. The Labute approximate surface area is 197 Å². The van der Waals surface area contributed by atoms with E-state index in [1.54, 1.807) is 17.0 Å². The molecule has 1 unspecified atom stereocenters. The van der Waals surface area contributed by atoms with Crippen LogP contribution in [0.15, 0.2) is 41.3 Å². The fraction of sp³-hybridized carbons (Fsp3) is 0.458. The van der Waals surface area contributed by atoms with E-state index in [9.17, 15) is 26.4 Å². The Kier molecular flexibility index (Phi) is 7.02. The highest BCUT2D eigenvalue weighted by Crippen LogP contribution is 2.40. The minimum Gasteiger partial charge on any atom is -0.336 e. The minimum absolute atomic E-state index is 0.0154. The van der Waals surface area contributed by atoms with Crippen LogP contribution in [0, 0.1) is 30.3 Å². The number of aryl methyl sites for hydroxylation is 1. The Morgan fingerprint density at radius 3 is 2.26 bits per heavy atom. The summed E-state index contributed by atoms with van der Waals surface area (Å²) in [6.45, 7) is 1.52. The van der Waals surface area contributed by atoms with Crippen LogP contribution in [-0.2, 0) is 21.2 Å². The number of benzene rings is 2. The maximum atomic E-state index is 14.0. The van der Waals surface area contributed by atoms with Crippen LogP contribution in [0.2, 0.25) is 0 Å². The van der Waals surface area contributed by atoms with E-state index in [-0.39, 0.29) is 47.3 Å². The van der Waals surface area contributed by atoms with Crippen LogP contribution in [0.25, 0.3) is 0 Å². The van der Waals surface area contributed by atoms with Crippen LogP contribution in [0.5, 0.6) is 0 Å². The average Bonchev–Trinajstić information content (AvgIpc) is 3.05. The fourth-order valence-electron chi connectivity index (χ4n) is 5.17. The number of carbonyl (C=O) groups excluding carboxylic acids is 1. The number of nitrogens with one attached hydrogen (secondary N) is 1. The van der Waals surface area contributed by atoms with Gasteiger partial charge in [-0.15, -0.1) is 0 Å². The van der Waals surface area contributed by atoms with E-state index >= 15 is 0 Å². The Morgan fingerprint density at radius 1 is 1.06 bits per heavy atom. The molecule has 0 saturated carbocycles. The Morgan fingerprint density at radius 2 is 1.65 bits per heavy atom. The summed E-state index contributed by atoms with van der Waals surface area (Å²) >= 11 is 0. The summed E-state index contributed by atoms with van der Waals surface area (Å²) in [6, 6.07) is 7.11. The topological polar surface area (TPSA) is 92.5 Å². The van der Waals surface area contributed by atoms with Crippen molar-refractivity contribution < 1.29 is 26.4 Å². The van der Waals surface area contributed by atoms with Crippen molar-refractivity contribution in [3.8, 4) is 0 Å². The highest BCUT2D eigenvalue weighted by molar-refractivity contribution is 7.89. The predicted molar refractivity (Wildman–Crippen MR) is 121 cm³/mol. The van der Waals surface area contributed by atoms with Crippen molar-refractivity contribution in [3.63, 3.8) is 0 Å². The molecule has 2 bridgehead atoms. The van der Waals surface area contributed by atoms with Crippen LogP contribution in [0.3, 0.4) is 0 Å². The number of fused-ring (bicyclic) bond motifs is 2. The normalized spacial score (nSPS) is 23.2. The van der Waals surface area contributed by atoms with Gasteiger partial charge in [0.2, 0.25) is 15.9 Å². The first kappa shape index (κ1) is 24.7. The van der Waals surface area contributed by atoms with Crippen molar-refractivity contribution in [1.82, 2.24) is 9.62 Å². The molecule has 2 aliphatic rings. The maximum absolute atomic E-state index is 14.0. The van der Waals surface area contributed by atoms with Crippen molar-refractivity contribution in [1.29, 1.82) is 0 Å². The number of piperidine rings is 1. The molecule has 2 fully saturated rings. The number of rotatable bonds is 7. The third-order valence-electron chi connectivity index (χ3n) is 6.95. The van der Waals surface area contributed by atoms with Gasteiger partial charge in [0.15, 0.2) is 11.6 Å². The molecule has 2 aromatic carbocycles. The lowest BCUT2D eigenvalue weighted by Gasteiger charge is -2.41. The quantitative estimate of drug-likeness (QED) is 0.578. The van der Waals surface area contributed by atoms with Crippen molar-refractivity contribution >= 4 is 15.9 Å². The van der Waals surface area contributed by atoms with E-state index in [4.69, 9.17) is 5.73 Å². The van der Waals surface area contributed by atoms with E-state index < -0.39 is 33.5 Å². The molecule has 0 aromatic heterocycles. The lowest BCUT2D eigenvalue weighted by Crippen LogP contribution is -2.52. The summed E-state index contributed by atoms with van der Waals surface area (Å²) in [5.41, 5.74) is 7.28. The molecule has 2 aliphatic heterocycles. The monoisotopic (exact) mass is 495 g/mol. The lowest BCUT2D eigenvalue weighted by atomic mass is 9.82. The van der Waals surface area contributed by atoms with E-state index in [1.165, 1.54) is 12.1 Å². The van der Waals surface area contributed by atoms with Gasteiger partial charge in [0.1, 0.15) is 5.82 Å². The zero-order valence-electron chi connectivity index (χ0n) is 18.8. The number of hydrogen-bond acceptors (Lipinski definition) is 4. The van der Waals surface area contributed by atoms with Gasteiger partial charge < -0.3 is 10.6 Å². The summed E-state index contributed by atoms with van der Waals surface area (Å²) in [6.07, 6.45) is 2.82. The molecule has 0 radical (unpaired) electrons. The number of amides is 1. The number of carbonyl (C=O) groups is 1. The molecule has 2 saturated heterocycles. The van der Waals surface area contributed by atoms with Crippen molar-refractivity contribution in [2.45, 2.75) is 62.0 Å². The van der Waals surface area contributed by atoms with Gasteiger partial charge in [-0.25, -0.2) is 26.3 Å². The molecule has 3 N–H and O–H groups in total. The van der Waals surface area contributed by atoms with Crippen LogP contribution >= 0.6 is 0 Å². The molecule has 184 valence electrons. The summed E-state index contributed by atoms with van der Waals surface area (Å²) in [7, 11) is -3.81. The van der Waals surface area contributed by atoms with Gasteiger partial charge >= 0.3 is 0 Å². The van der Waals surface area contributed by atoms with Crippen molar-refractivity contribution in [2.75, 3.05) is 6.54 Å². The van der Waals surface area contributed by atoms with Gasteiger partial charge in [-0.3, -0.25) is 4.79 Å². The standard InChI is InChI=1S/C24H28F3N3O3S/c1-14-2-6-19(7-3-14)34(32,33)29-13-24(31)30-17-4-5-18(30)9-16(8-17)23(28)11-15-10-21(26)22(27)12-20(15)25/h2-3,6-7,10,12,16-18,23,29H,4-5,8-9,11,13,28H2,1H3/t16?,17-,18+,23-/m1/s1. The summed E-state index contributed by atoms with van der Waals surface area (Å²) in [5.74, 6) is -3.49. The first-order chi connectivity index (χ1) is 16.0. The molecule has 6 nitrogen and oxygen atoms in total. The fourth-order valence-corrected chi connectivity index (χ4v) is 6.14. The number of hydrogen-bond donors (Lipinski definition) is 2. The highest BCUT2D eigenvalue weighted by atomic mass is 32.2. The third-order valence-corrected chi connectivity index (χ3v) is 8.37. The molecule has 2 heterocycles. The number of sulfonamides is 1. The number of nitrogens with zero attached hydrogens (tertiary/aromatic N) is 1. The molecule has 10 heteroatoms. The third kappa shape index (κ3) is 5.13. The maximum Gasteiger partial charge on any atom is 0.241 e. The van der Waals surface area contributed by atoms with Gasteiger partial charge in [0.25, 0.3) is 0 Å². The first-order valence-corrected chi connectivity index (χ1v) is 12.8. The summed E-state index contributed by atoms with van der Waals surface area (Å²) < 4.78 is 68.2. The molecule has 2 aromatic rings. The summed E-state index contributed by atoms with van der Waals surface area (Å²) in [5, 5.41) is 0. The Hall–Kier alpha value is -2.43. The van der Waals surface area contributed by atoms with Gasteiger partial charge in [-0.05, 0) is 68.7 Å². The SMILES string of the molecule is Cc1ccc(S(=O)(=O)NCC(=O)N2[C@@H]3CC[C@H]2CC([C@H](N)Cc2cc(F)c(F)cc2F)C3)cc1. The molecule has 4 rings (SSSR count).